The van der Waals surface area contributed by atoms with Crippen molar-refractivity contribution >= 4 is 29.3 Å². The Morgan fingerprint density at radius 3 is 2.94 bits per heavy atom. The molecule has 1 aliphatic rings. The van der Waals surface area contributed by atoms with Gasteiger partial charge in [0.15, 0.2) is 0 Å². The Hall–Kier alpha value is -1.89. The van der Waals surface area contributed by atoms with Gasteiger partial charge >= 0.3 is 5.97 Å². The standard InChI is InChI=1S/C9H5NO5S/c11-5-1-6(16-3-7(12)13)8(14)4-2-10-15-9(4)5/h1-2H,3H2,(H,12,13). The molecule has 0 atom stereocenters. The van der Waals surface area contributed by atoms with Crippen molar-refractivity contribution in [3.63, 3.8) is 0 Å². The Balaban J connectivity index is 2.26. The summed E-state index contributed by atoms with van der Waals surface area (Å²) < 4.78 is 4.62. The number of nitrogens with zero attached hydrogens (tertiary/aromatic N) is 1. The first-order chi connectivity index (χ1) is 7.59. The smallest absolute Gasteiger partial charge is 0.313 e. The Kier molecular flexibility index (Phi) is 2.61. The number of carbonyl (C=O) groups is 3. The van der Waals surface area contributed by atoms with Gasteiger partial charge in [-0.3, -0.25) is 14.4 Å². The van der Waals surface area contributed by atoms with Crippen molar-refractivity contribution in [3.05, 3.63) is 28.5 Å². The van der Waals surface area contributed by atoms with Crippen molar-refractivity contribution in [2.75, 3.05) is 5.75 Å². The van der Waals surface area contributed by atoms with Gasteiger partial charge in [-0.05, 0) is 0 Å². The van der Waals surface area contributed by atoms with Crippen molar-refractivity contribution in [1.82, 2.24) is 5.16 Å². The van der Waals surface area contributed by atoms with Gasteiger partial charge in [0.2, 0.25) is 17.3 Å². The molecule has 0 fully saturated rings. The van der Waals surface area contributed by atoms with Crippen LogP contribution in [-0.2, 0) is 4.79 Å². The first-order valence-corrected chi connectivity index (χ1v) is 5.18. The lowest BCUT2D eigenvalue weighted by Crippen LogP contribution is -2.14. The molecular weight excluding hydrogens is 234 g/mol. The second-order valence-electron chi connectivity index (χ2n) is 2.95. The highest BCUT2D eigenvalue weighted by Gasteiger charge is 2.29. The number of hydrogen-bond donors (Lipinski definition) is 1. The van der Waals surface area contributed by atoms with E-state index in [1.807, 2.05) is 0 Å². The van der Waals surface area contributed by atoms with E-state index >= 15 is 0 Å². The fraction of sp³-hybridized carbons (Fsp3) is 0.111. The second kappa shape index (κ2) is 3.93. The molecule has 0 bridgehead atoms. The molecule has 7 heteroatoms. The number of rotatable bonds is 3. The molecule has 1 heterocycles. The maximum Gasteiger partial charge on any atom is 0.313 e. The third-order valence-corrected chi connectivity index (χ3v) is 2.88. The van der Waals surface area contributed by atoms with Gasteiger partial charge < -0.3 is 9.63 Å². The summed E-state index contributed by atoms with van der Waals surface area (Å²) in [5, 5.41) is 11.8. The SMILES string of the molecule is O=C(O)CSC1=CC(=O)c2oncc2C1=O. The molecule has 16 heavy (non-hydrogen) atoms. The van der Waals surface area contributed by atoms with Gasteiger partial charge in [0.1, 0.15) is 0 Å². The average Bonchev–Trinajstić information content (AvgIpc) is 2.70. The van der Waals surface area contributed by atoms with Crippen LogP contribution in [0.25, 0.3) is 0 Å². The summed E-state index contributed by atoms with van der Waals surface area (Å²) >= 11 is 0.806. The van der Waals surface area contributed by atoms with Crippen LogP contribution in [0, 0.1) is 0 Å². The highest BCUT2D eigenvalue weighted by atomic mass is 32.2. The molecule has 0 spiro atoms. The minimum absolute atomic E-state index is 0.0837. The van der Waals surface area contributed by atoms with E-state index < -0.39 is 17.5 Å². The number of thioether (sulfide) groups is 1. The largest absolute Gasteiger partial charge is 0.481 e. The minimum Gasteiger partial charge on any atom is -0.481 e. The van der Waals surface area contributed by atoms with E-state index in [2.05, 4.69) is 9.68 Å². The summed E-state index contributed by atoms with van der Waals surface area (Å²) in [5.74, 6) is -2.32. The molecule has 0 aliphatic heterocycles. The average molecular weight is 239 g/mol. The number of fused-ring (bicyclic) bond motifs is 1. The lowest BCUT2D eigenvalue weighted by atomic mass is 10.0. The summed E-state index contributed by atoms with van der Waals surface area (Å²) in [4.78, 5) is 33.6. The maximum atomic E-state index is 11.7. The molecule has 1 aromatic rings. The van der Waals surface area contributed by atoms with E-state index in [0.29, 0.717) is 0 Å². The van der Waals surface area contributed by atoms with Crippen LogP contribution < -0.4 is 0 Å². The first-order valence-electron chi connectivity index (χ1n) is 4.19. The molecule has 1 aliphatic carbocycles. The van der Waals surface area contributed by atoms with Crippen LogP contribution in [0.3, 0.4) is 0 Å². The highest BCUT2D eigenvalue weighted by Crippen LogP contribution is 2.27. The number of carbonyl (C=O) groups excluding carboxylic acids is 2. The molecule has 0 aromatic carbocycles. The van der Waals surface area contributed by atoms with E-state index in [4.69, 9.17) is 5.11 Å². The predicted octanol–water partition coefficient (Wildman–Crippen LogP) is 0.755. The molecule has 2 rings (SSSR count). The first kappa shape index (κ1) is 10.6. The lowest BCUT2D eigenvalue weighted by Gasteiger charge is -2.07. The molecule has 0 saturated heterocycles. The summed E-state index contributed by atoms with van der Waals surface area (Å²) in [5.41, 5.74) is 0.0837. The van der Waals surface area contributed by atoms with Crippen LogP contribution in [0.5, 0.6) is 0 Å². The summed E-state index contributed by atoms with van der Waals surface area (Å²) in [7, 11) is 0. The topological polar surface area (TPSA) is 97.5 Å². The van der Waals surface area contributed by atoms with Crippen LogP contribution >= 0.6 is 11.8 Å². The highest BCUT2D eigenvalue weighted by molar-refractivity contribution is 8.04. The van der Waals surface area contributed by atoms with Crippen molar-refractivity contribution in [3.8, 4) is 0 Å². The number of carboxylic acids is 1. The monoisotopic (exact) mass is 239 g/mol. The van der Waals surface area contributed by atoms with E-state index in [9.17, 15) is 14.4 Å². The molecule has 1 N–H and O–H groups in total. The van der Waals surface area contributed by atoms with Crippen molar-refractivity contribution in [1.29, 1.82) is 0 Å². The van der Waals surface area contributed by atoms with Crippen LogP contribution in [0.1, 0.15) is 20.9 Å². The Labute approximate surface area is 93.3 Å². The maximum absolute atomic E-state index is 11.7. The Bertz CT molecular complexity index is 516. The van der Waals surface area contributed by atoms with E-state index in [1.165, 1.54) is 0 Å². The third kappa shape index (κ3) is 1.76. The van der Waals surface area contributed by atoms with Crippen LogP contribution in [0.4, 0.5) is 0 Å². The van der Waals surface area contributed by atoms with Gasteiger partial charge in [-0.25, -0.2) is 0 Å². The van der Waals surface area contributed by atoms with Crippen LogP contribution in [0.2, 0.25) is 0 Å². The van der Waals surface area contributed by atoms with Crippen LogP contribution in [0.15, 0.2) is 21.7 Å². The number of hydrogen-bond acceptors (Lipinski definition) is 6. The van der Waals surface area contributed by atoms with Crippen molar-refractivity contribution in [2.24, 2.45) is 0 Å². The second-order valence-corrected chi connectivity index (χ2v) is 3.97. The van der Waals surface area contributed by atoms with E-state index in [-0.39, 0.29) is 22.0 Å². The number of aromatic nitrogens is 1. The summed E-state index contributed by atoms with van der Waals surface area (Å²) in [6.07, 6.45) is 2.23. The normalized spacial score (nSPS) is 14.6. The molecule has 6 nitrogen and oxygen atoms in total. The summed E-state index contributed by atoms with van der Waals surface area (Å²) in [6.45, 7) is 0. The zero-order chi connectivity index (χ0) is 11.7. The fourth-order valence-corrected chi connectivity index (χ4v) is 1.92. The molecule has 0 saturated carbocycles. The summed E-state index contributed by atoms with van der Waals surface area (Å²) in [6, 6.07) is 0. The Morgan fingerprint density at radius 1 is 1.50 bits per heavy atom. The molecule has 82 valence electrons. The van der Waals surface area contributed by atoms with Gasteiger partial charge in [-0.15, -0.1) is 11.8 Å². The number of allylic oxidation sites excluding steroid dienone is 2. The van der Waals surface area contributed by atoms with Crippen molar-refractivity contribution in [2.45, 2.75) is 0 Å². The van der Waals surface area contributed by atoms with Crippen molar-refractivity contribution < 1.29 is 24.0 Å². The van der Waals surface area contributed by atoms with Gasteiger partial charge in [0, 0.05) is 6.08 Å². The zero-order valence-corrected chi connectivity index (χ0v) is 8.61. The Morgan fingerprint density at radius 2 is 2.25 bits per heavy atom. The quantitative estimate of drug-likeness (QED) is 0.831. The molecule has 0 amide bonds. The van der Waals surface area contributed by atoms with Gasteiger partial charge in [-0.1, -0.05) is 5.16 Å². The number of Topliss-reactive ketones (excluding diaryl/α,β-unsaturated/α-hetero) is 1. The molecule has 0 unspecified atom stereocenters. The van der Waals surface area contributed by atoms with Gasteiger partial charge in [0.05, 0.1) is 22.4 Å². The predicted molar refractivity (Wildman–Crippen MR) is 53.3 cm³/mol. The molecule has 1 aromatic heterocycles. The van der Waals surface area contributed by atoms with Gasteiger partial charge in [0.25, 0.3) is 0 Å². The van der Waals surface area contributed by atoms with Crippen LogP contribution in [-0.4, -0.2) is 33.6 Å². The van der Waals surface area contributed by atoms with Gasteiger partial charge in [-0.2, -0.15) is 0 Å². The van der Waals surface area contributed by atoms with E-state index in [0.717, 1.165) is 24.0 Å². The number of carboxylic acid groups (broad SMARTS) is 1. The molecular formula is C9H5NO5S. The third-order valence-electron chi connectivity index (χ3n) is 1.88. The molecule has 0 radical (unpaired) electrons. The zero-order valence-electron chi connectivity index (χ0n) is 7.80. The fourth-order valence-electron chi connectivity index (χ4n) is 1.21. The number of ketones is 2. The van der Waals surface area contributed by atoms with E-state index in [1.54, 1.807) is 0 Å². The minimum atomic E-state index is -1.05. The number of aliphatic carboxylic acids is 1. The lowest BCUT2D eigenvalue weighted by molar-refractivity contribution is -0.133.